The Hall–Kier alpha value is -0.806. The molecule has 0 radical (unpaired) electrons. The van der Waals surface area contributed by atoms with E-state index in [-0.39, 0.29) is 16.5 Å². The molecule has 62 valence electrons. The molecule has 0 saturated heterocycles. The molecule has 0 bridgehead atoms. The molecule has 0 aliphatic heterocycles. The van der Waals surface area contributed by atoms with Crippen molar-refractivity contribution in [2.24, 2.45) is 0 Å². The van der Waals surface area contributed by atoms with Gasteiger partial charge in [-0.05, 0) is 0 Å². The van der Waals surface area contributed by atoms with Crippen LogP contribution in [-0.4, -0.2) is 0 Å². The largest absolute Gasteiger partial charge is 0.999 e. The second kappa shape index (κ2) is 7.30. The molecule has 0 aliphatic rings. The summed E-state index contributed by atoms with van der Waals surface area (Å²) in [7, 11) is 0. The molecule has 0 atom stereocenters. The van der Waals surface area contributed by atoms with Crippen molar-refractivity contribution >= 4 is 0 Å². The summed E-state index contributed by atoms with van der Waals surface area (Å²) in [6, 6.07) is 24.0. The minimum Gasteiger partial charge on any atom is -0.999 e. The summed E-state index contributed by atoms with van der Waals surface area (Å²) in [6.45, 7) is 0. The van der Waals surface area contributed by atoms with Crippen molar-refractivity contribution in [3.63, 3.8) is 0 Å². The van der Waals surface area contributed by atoms with Crippen molar-refractivity contribution in [3.05, 3.63) is 60.7 Å². The maximum atomic E-state index is 2.62. The Bertz CT molecular complexity index is 144. The van der Waals surface area contributed by atoms with Crippen molar-refractivity contribution in [3.8, 4) is 0 Å². The number of hydrogen-bond donors (Lipinski definition) is 0. The zero-order valence-electron chi connectivity index (χ0n) is 5.47. The van der Waals surface area contributed by atoms with Gasteiger partial charge < -0.3 is 60.7 Å². The molecule has 2 rings (SSSR count). The van der Waals surface area contributed by atoms with E-state index < -0.39 is 0 Å². The van der Waals surface area contributed by atoms with Crippen molar-refractivity contribution < 1.29 is 16.5 Å². The van der Waals surface area contributed by atoms with Gasteiger partial charge in [0.1, 0.15) is 0 Å². The van der Waals surface area contributed by atoms with E-state index in [9.17, 15) is 0 Å². The van der Waals surface area contributed by atoms with Crippen molar-refractivity contribution in [2.75, 3.05) is 0 Å². The summed E-state index contributed by atoms with van der Waals surface area (Å²) >= 11 is 0. The fourth-order valence-corrected chi connectivity index (χ4v) is 0.361. The maximum Gasteiger partial charge on any atom is 0 e. The van der Waals surface area contributed by atoms with Crippen LogP contribution in [0.1, 0.15) is 0 Å². The van der Waals surface area contributed by atoms with Gasteiger partial charge in [-0.3, -0.25) is 0 Å². The molecule has 0 aromatic heterocycles. The van der Waals surface area contributed by atoms with Crippen molar-refractivity contribution in [1.29, 1.82) is 0 Å². The fourth-order valence-electron chi connectivity index (χ4n) is 0.361. The Balaban J connectivity index is 0.000000167. The second-order valence-electron chi connectivity index (χ2n) is 1.37. The van der Waals surface area contributed by atoms with E-state index in [2.05, 4.69) is 48.5 Å². The molecular formula is C10H2Ni-10. The van der Waals surface area contributed by atoms with Gasteiger partial charge in [0.15, 0.2) is 0 Å². The molecule has 0 nitrogen and oxygen atoms in total. The summed E-state index contributed by atoms with van der Waals surface area (Å²) in [4.78, 5) is 0. The SMILES string of the molecule is [Ni].[c-]1[c-][c-][cH-][c-]1.[c-]1[c-][c-][cH-][c-]1. The molecule has 11 heavy (non-hydrogen) atoms. The van der Waals surface area contributed by atoms with Gasteiger partial charge in [-0.2, -0.15) is 0 Å². The predicted molar refractivity (Wildman–Crippen MR) is 34.8 cm³/mol. The molecule has 0 unspecified atom stereocenters. The summed E-state index contributed by atoms with van der Waals surface area (Å²) in [5.41, 5.74) is 0. The Morgan fingerprint density at radius 3 is 0.909 bits per heavy atom. The smallest absolute Gasteiger partial charge is 0 e. The van der Waals surface area contributed by atoms with Gasteiger partial charge >= 0.3 is 0 Å². The van der Waals surface area contributed by atoms with Gasteiger partial charge in [0.25, 0.3) is 0 Å². The fraction of sp³-hybridized carbons (Fsp3) is 0. The van der Waals surface area contributed by atoms with Gasteiger partial charge in [-0.1, -0.05) is 0 Å². The van der Waals surface area contributed by atoms with Crippen molar-refractivity contribution in [1.82, 2.24) is 0 Å². The van der Waals surface area contributed by atoms with Crippen LogP contribution in [-0.2, 0) is 16.5 Å². The molecule has 2 aromatic rings. The Morgan fingerprint density at radius 2 is 0.818 bits per heavy atom. The molecule has 0 N–H and O–H groups in total. The molecule has 2 aromatic carbocycles. The van der Waals surface area contributed by atoms with E-state index in [1.54, 1.807) is 12.1 Å². The maximum absolute atomic E-state index is 2.62. The zero-order valence-corrected chi connectivity index (χ0v) is 6.46. The Morgan fingerprint density at radius 1 is 0.545 bits per heavy atom. The minimum atomic E-state index is 0. The summed E-state index contributed by atoms with van der Waals surface area (Å²) in [6.07, 6.45) is 0. The van der Waals surface area contributed by atoms with Crippen LogP contribution < -0.4 is 0 Å². The molecular weight excluding hydrogens is 179 g/mol. The van der Waals surface area contributed by atoms with Crippen molar-refractivity contribution in [2.45, 2.75) is 0 Å². The van der Waals surface area contributed by atoms with E-state index in [1.807, 2.05) is 0 Å². The van der Waals surface area contributed by atoms with Gasteiger partial charge in [0, 0.05) is 16.5 Å². The molecule has 0 heterocycles. The quantitative estimate of drug-likeness (QED) is 0.423. The molecule has 0 amide bonds. The average Bonchev–Trinajstić information content (AvgIpc) is 2.67. The van der Waals surface area contributed by atoms with Gasteiger partial charge in [-0.15, -0.1) is 0 Å². The predicted octanol–water partition coefficient (Wildman–Crippen LogP) is 1.21. The summed E-state index contributed by atoms with van der Waals surface area (Å²) < 4.78 is 0. The number of rotatable bonds is 0. The molecule has 0 fully saturated rings. The Kier molecular flexibility index (Phi) is 6.77. The first-order chi connectivity index (χ1) is 5.00. The monoisotopic (exact) mass is 180 g/mol. The third kappa shape index (κ3) is 5.63. The van der Waals surface area contributed by atoms with E-state index in [4.69, 9.17) is 0 Å². The second-order valence-corrected chi connectivity index (χ2v) is 1.37. The van der Waals surface area contributed by atoms with E-state index in [0.29, 0.717) is 0 Å². The first kappa shape index (κ1) is 10.2. The topological polar surface area (TPSA) is 0 Å². The van der Waals surface area contributed by atoms with E-state index in [0.717, 1.165) is 0 Å². The summed E-state index contributed by atoms with van der Waals surface area (Å²) in [5, 5.41) is 0. The molecule has 0 spiro atoms. The average molecular weight is 181 g/mol. The van der Waals surface area contributed by atoms with Gasteiger partial charge in [0.2, 0.25) is 0 Å². The number of hydrogen-bond acceptors (Lipinski definition) is 0. The first-order valence-electron chi connectivity index (χ1n) is 2.65. The summed E-state index contributed by atoms with van der Waals surface area (Å²) in [5.74, 6) is 0. The third-order valence-electron chi connectivity index (χ3n) is 0.702. The first-order valence-corrected chi connectivity index (χ1v) is 2.65. The normalized spacial score (nSPS) is 7.27. The van der Waals surface area contributed by atoms with Crippen LogP contribution in [0.25, 0.3) is 0 Å². The van der Waals surface area contributed by atoms with Crippen LogP contribution in [0.2, 0.25) is 0 Å². The molecule has 1 heteroatoms. The van der Waals surface area contributed by atoms with E-state index >= 15 is 0 Å². The molecule has 0 aliphatic carbocycles. The van der Waals surface area contributed by atoms with E-state index in [1.165, 1.54) is 0 Å². The van der Waals surface area contributed by atoms with Gasteiger partial charge in [0.05, 0.1) is 0 Å². The molecule has 0 saturated carbocycles. The zero-order chi connectivity index (χ0) is 7.07. The Labute approximate surface area is 77.5 Å². The third-order valence-corrected chi connectivity index (χ3v) is 0.702. The van der Waals surface area contributed by atoms with Crippen LogP contribution in [0.4, 0.5) is 0 Å². The standard InChI is InChI=1S/2C5H.Ni/c2*1-2-4-5-3-1;/h2*1H;/q2*-5;. The van der Waals surface area contributed by atoms with Gasteiger partial charge in [-0.25, -0.2) is 0 Å². The minimum absolute atomic E-state index is 0. The van der Waals surface area contributed by atoms with Crippen LogP contribution in [0, 0.1) is 48.5 Å². The van der Waals surface area contributed by atoms with Crippen LogP contribution in [0.3, 0.4) is 0 Å². The van der Waals surface area contributed by atoms with Crippen LogP contribution in [0.15, 0.2) is 12.1 Å². The van der Waals surface area contributed by atoms with Crippen LogP contribution >= 0.6 is 0 Å². The van der Waals surface area contributed by atoms with Crippen LogP contribution in [0.5, 0.6) is 0 Å².